The van der Waals surface area contributed by atoms with Crippen molar-refractivity contribution in [1.29, 1.82) is 0 Å². The molecule has 0 amide bonds. The second-order valence-corrected chi connectivity index (χ2v) is 5.20. The van der Waals surface area contributed by atoms with Crippen molar-refractivity contribution in [3.63, 3.8) is 0 Å². The van der Waals surface area contributed by atoms with E-state index >= 15 is 0 Å². The monoisotopic (exact) mass is 408 g/mol. The van der Waals surface area contributed by atoms with Gasteiger partial charge in [-0.05, 0) is 12.1 Å². The Kier molecular flexibility index (Phi) is 7.99. The molecule has 6 heteroatoms. The van der Waals surface area contributed by atoms with Gasteiger partial charge in [-0.3, -0.25) is 4.79 Å². The molecule has 0 fully saturated rings. The molecule has 0 aliphatic rings. The molecule has 0 atom stereocenters. The molecule has 0 bridgehead atoms. The third-order valence-electron chi connectivity index (χ3n) is 2.60. The van der Waals surface area contributed by atoms with E-state index in [1.54, 1.807) is 7.11 Å². The van der Waals surface area contributed by atoms with Crippen molar-refractivity contribution in [2.24, 2.45) is 0 Å². The van der Waals surface area contributed by atoms with Crippen LogP contribution in [-0.2, 0) is 20.2 Å². The lowest BCUT2D eigenvalue weighted by Gasteiger charge is -2.14. The van der Waals surface area contributed by atoms with Crippen LogP contribution in [0.5, 0.6) is 11.5 Å². The van der Waals surface area contributed by atoms with Crippen LogP contribution >= 0.6 is 31.9 Å². The van der Waals surface area contributed by atoms with Gasteiger partial charge in [0.25, 0.3) is 0 Å². The van der Waals surface area contributed by atoms with Crippen molar-refractivity contribution >= 4 is 37.8 Å². The normalized spacial score (nSPS) is 10.2. The van der Waals surface area contributed by atoms with E-state index in [9.17, 15) is 4.79 Å². The highest BCUT2D eigenvalue weighted by Crippen LogP contribution is 2.31. The number of rotatable bonds is 8. The summed E-state index contributed by atoms with van der Waals surface area (Å²) in [5.74, 6) is 1.39. The van der Waals surface area contributed by atoms with Gasteiger partial charge in [0.05, 0.1) is 20.3 Å². The molecule has 0 saturated carbocycles. The van der Waals surface area contributed by atoms with Crippen molar-refractivity contribution < 1.29 is 19.0 Å². The summed E-state index contributed by atoms with van der Waals surface area (Å²) in [6.45, 7) is 2.28. The summed E-state index contributed by atoms with van der Waals surface area (Å²) in [5, 5.41) is 1.38. The number of hydrogen-bond acceptors (Lipinski definition) is 4. The van der Waals surface area contributed by atoms with Gasteiger partial charge in [0.2, 0.25) is 0 Å². The lowest BCUT2D eigenvalue weighted by Crippen LogP contribution is -2.07. The first kappa shape index (κ1) is 17.3. The smallest absolute Gasteiger partial charge is 0.302 e. The van der Waals surface area contributed by atoms with Gasteiger partial charge in [-0.1, -0.05) is 31.9 Å². The maximum absolute atomic E-state index is 10.6. The summed E-state index contributed by atoms with van der Waals surface area (Å²) in [7, 11) is 1.65. The van der Waals surface area contributed by atoms with E-state index in [2.05, 4.69) is 31.9 Å². The molecule has 0 spiro atoms. The summed E-state index contributed by atoms with van der Waals surface area (Å²) in [6.07, 6.45) is 0.664. The Morgan fingerprint density at radius 1 is 1.10 bits per heavy atom. The number of esters is 1. The predicted octanol–water partition coefficient (Wildman–Crippen LogP) is 3.82. The van der Waals surface area contributed by atoms with Gasteiger partial charge in [-0.15, -0.1) is 0 Å². The highest BCUT2D eigenvalue weighted by Gasteiger charge is 2.10. The lowest BCUT2D eigenvalue weighted by atomic mass is 10.1. The fraction of sp³-hybridized carbons (Fsp3) is 0.500. The number of methoxy groups -OCH3 is 1. The van der Waals surface area contributed by atoms with E-state index in [-0.39, 0.29) is 5.97 Å². The summed E-state index contributed by atoms with van der Waals surface area (Å²) in [6, 6.07) is 3.93. The van der Waals surface area contributed by atoms with E-state index in [1.165, 1.54) is 6.92 Å². The number of carbonyl (C=O) groups excluding carboxylic acids is 1. The quantitative estimate of drug-likeness (QED) is 0.372. The average molecular weight is 410 g/mol. The standard InChI is InChI=1S/C14H18Br2O4/c1-10(17)19-4-3-5-20-14-7-11(8-15)13(18-2)6-12(14)9-16/h6-7H,3-5,8-9H2,1-2H3. The summed E-state index contributed by atoms with van der Waals surface area (Å²) >= 11 is 6.88. The number of ether oxygens (including phenoxy) is 3. The maximum Gasteiger partial charge on any atom is 0.302 e. The van der Waals surface area contributed by atoms with Crippen LogP contribution < -0.4 is 9.47 Å². The van der Waals surface area contributed by atoms with E-state index in [0.29, 0.717) is 30.3 Å². The fourth-order valence-electron chi connectivity index (χ4n) is 1.63. The number of hydrogen-bond donors (Lipinski definition) is 0. The Morgan fingerprint density at radius 3 is 2.25 bits per heavy atom. The summed E-state index contributed by atoms with van der Waals surface area (Å²) < 4.78 is 16.0. The van der Waals surface area contributed by atoms with Crippen molar-refractivity contribution in [3.8, 4) is 11.5 Å². The highest BCUT2D eigenvalue weighted by atomic mass is 79.9. The zero-order valence-electron chi connectivity index (χ0n) is 11.6. The molecule has 1 aromatic carbocycles. The molecule has 0 radical (unpaired) electrons. The van der Waals surface area contributed by atoms with E-state index in [1.807, 2.05) is 12.1 Å². The third kappa shape index (κ3) is 5.32. The van der Waals surface area contributed by atoms with E-state index < -0.39 is 0 Å². The third-order valence-corrected chi connectivity index (χ3v) is 3.81. The minimum atomic E-state index is -0.267. The molecule has 4 nitrogen and oxygen atoms in total. The predicted molar refractivity (Wildman–Crippen MR) is 85.0 cm³/mol. The Hall–Kier alpha value is -0.750. The second-order valence-electron chi connectivity index (χ2n) is 4.08. The van der Waals surface area contributed by atoms with Gasteiger partial charge < -0.3 is 14.2 Å². The summed E-state index contributed by atoms with van der Waals surface area (Å²) in [4.78, 5) is 10.6. The van der Waals surface area contributed by atoms with Crippen molar-refractivity contribution in [3.05, 3.63) is 23.3 Å². The van der Waals surface area contributed by atoms with E-state index in [0.717, 1.165) is 22.6 Å². The molecule has 0 aromatic heterocycles. The first-order valence-corrected chi connectivity index (χ1v) is 8.44. The minimum Gasteiger partial charge on any atom is -0.496 e. The van der Waals surface area contributed by atoms with Crippen LogP contribution in [-0.4, -0.2) is 26.3 Å². The van der Waals surface area contributed by atoms with Crippen LogP contribution in [0.3, 0.4) is 0 Å². The molecule has 0 unspecified atom stereocenters. The van der Waals surface area contributed by atoms with Gasteiger partial charge in [0.15, 0.2) is 0 Å². The topological polar surface area (TPSA) is 44.8 Å². The molecular formula is C14H18Br2O4. The minimum absolute atomic E-state index is 0.267. The van der Waals surface area contributed by atoms with Gasteiger partial charge in [-0.25, -0.2) is 0 Å². The van der Waals surface area contributed by atoms with Crippen LogP contribution in [0, 0.1) is 0 Å². The zero-order valence-corrected chi connectivity index (χ0v) is 14.8. The van der Waals surface area contributed by atoms with Gasteiger partial charge in [0.1, 0.15) is 11.5 Å². The zero-order chi connectivity index (χ0) is 15.0. The molecule has 20 heavy (non-hydrogen) atoms. The van der Waals surface area contributed by atoms with E-state index in [4.69, 9.17) is 14.2 Å². The Labute approximate surface area is 136 Å². The van der Waals surface area contributed by atoms with Gasteiger partial charge in [0, 0.05) is 35.1 Å². The number of benzene rings is 1. The molecule has 0 heterocycles. The van der Waals surface area contributed by atoms with Crippen molar-refractivity contribution in [2.45, 2.75) is 24.0 Å². The fourth-order valence-corrected chi connectivity index (χ4v) is 2.51. The Bertz CT molecular complexity index is 449. The number of carbonyl (C=O) groups is 1. The first-order valence-electron chi connectivity index (χ1n) is 6.20. The van der Waals surface area contributed by atoms with Crippen LogP contribution in [0.25, 0.3) is 0 Å². The second kappa shape index (κ2) is 9.23. The van der Waals surface area contributed by atoms with Crippen LogP contribution in [0.15, 0.2) is 12.1 Å². The van der Waals surface area contributed by atoms with Crippen LogP contribution in [0.2, 0.25) is 0 Å². The highest BCUT2D eigenvalue weighted by molar-refractivity contribution is 9.08. The number of alkyl halides is 2. The molecule has 0 aliphatic carbocycles. The van der Waals surface area contributed by atoms with Gasteiger partial charge >= 0.3 is 5.97 Å². The molecular weight excluding hydrogens is 392 g/mol. The maximum atomic E-state index is 10.6. The Balaban J connectivity index is 2.66. The van der Waals surface area contributed by atoms with Crippen LogP contribution in [0.4, 0.5) is 0 Å². The van der Waals surface area contributed by atoms with Crippen LogP contribution in [0.1, 0.15) is 24.5 Å². The molecule has 1 rings (SSSR count). The summed E-state index contributed by atoms with van der Waals surface area (Å²) in [5.41, 5.74) is 2.06. The largest absolute Gasteiger partial charge is 0.496 e. The Morgan fingerprint density at radius 2 is 1.70 bits per heavy atom. The lowest BCUT2D eigenvalue weighted by molar-refractivity contribution is -0.141. The molecule has 0 saturated heterocycles. The molecule has 1 aromatic rings. The van der Waals surface area contributed by atoms with Crippen molar-refractivity contribution in [1.82, 2.24) is 0 Å². The molecule has 0 aliphatic heterocycles. The number of halogens is 2. The first-order chi connectivity index (χ1) is 9.62. The molecule has 0 N–H and O–H groups in total. The molecule has 112 valence electrons. The van der Waals surface area contributed by atoms with Gasteiger partial charge in [-0.2, -0.15) is 0 Å². The average Bonchev–Trinajstić information content (AvgIpc) is 2.45. The SMILES string of the molecule is COc1cc(CBr)c(OCCCOC(C)=O)cc1CBr. The van der Waals surface area contributed by atoms with Crippen molar-refractivity contribution in [2.75, 3.05) is 20.3 Å².